The first-order chi connectivity index (χ1) is 11.8. The topological polar surface area (TPSA) is 67.8 Å². The second-order valence-corrected chi connectivity index (χ2v) is 4.99. The van der Waals surface area contributed by atoms with Crippen molar-refractivity contribution in [2.75, 3.05) is 20.8 Å². The Morgan fingerprint density at radius 2 is 1.79 bits per heavy atom. The van der Waals surface area contributed by atoms with Crippen molar-refractivity contribution in [1.82, 2.24) is 15.6 Å². The quantitative estimate of drug-likeness (QED) is 0.603. The summed E-state index contributed by atoms with van der Waals surface area (Å²) >= 11 is 0. The number of para-hydroxylation sites is 1. The van der Waals surface area contributed by atoms with Gasteiger partial charge in [-0.1, -0.05) is 24.3 Å². The van der Waals surface area contributed by atoms with Gasteiger partial charge in [0.25, 0.3) is 0 Å². The van der Waals surface area contributed by atoms with Gasteiger partial charge in [-0.05, 0) is 19.1 Å². The predicted molar refractivity (Wildman–Crippen MR) is 95.4 cm³/mol. The van der Waals surface area contributed by atoms with Crippen LogP contribution < -0.4 is 20.1 Å². The standard InChI is InChI=1S/C18H24N4O2/c1-4-24-17-15(9-7-11-20-17)13-22-18(19-2)21-12-14-8-5-6-10-16(14)23-3/h5-11H,4,12-13H2,1-3H3,(H2,19,21,22). The van der Waals surface area contributed by atoms with Crippen molar-refractivity contribution in [2.45, 2.75) is 20.0 Å². The molecule has 2 rings (SSSR count). The number of nitrogens with zero attached hydrogens (tertiary/aromatic N) is 2. The zero-order chi connectivity index (χ0) is 17.2. The highest BCUT2D eigenvalue weighted by atomic mass is 16.5. The highest BCUT2D eigenvalue weighted by Crippen LogP contribution is 2.17. The van der Waals surface area contributed by atoms with Crippen LogP contribution in [0.1, 0.15) is 18.1 Å². The summed E-state index contributed by atoms with van der Waals surface area (Å²) in [6.07, 6.45) is 1.73. The van der Waals surface area contributed by atoms with Crippen molar-refractivity contribution in [3.05, 3.63) is 53.7 Å². The average Bonchev–Trinajstić information content (AvgIpc) is 2.63. The van der Waals surface area contributed by atoms with Gasteiger partial charge in [-0.25, -0.2) is 4.98 Å². The van der Waals surface area contributed by atoms with Crippen LogP contribution in [0.15, 0.2) is 47.6 Å². The molecular weight excluding hydrogens is 304 g/mol. The first kappa shape index (κ1) is 17.6. The predicted octanol–water partition coefficient (Wildman–Crippen LogP) is 2.35. The molecule has 0 saturated carbocycles. The van der Waals surface area contributed by atoms with E-state index in [1.54, 1.807) is 20.4 Å². The number of rotatable bonds is 7. The number of aromatic nitrogens is 1. The Bertz CT molecular complexity index is 674. The lowest BCUT2D eigenvalue weighted by molar-refractivity contribution is 0.322. The minimum Gasteiger partial charge on any atom is -0.496 e. The van der Waals surface area contributed by atoms with Crippen LogP contribution in [0.3, 0.4) is 0 Å². The molecule has 0 aliphatic heterocycles. The Hall–Kier alpha value is -2.76. The van der Waals surface area contributed by atoms with Crippen LogP contribution in [-0.2, 0) is 13.1 Å². The molecule has 2 aromatic rings. The van der Waals surface area contributed by atoms with E-state index in [1.807, 2.05) is 43.3 Å². The largest absolute Gasteiger partial charge is 0.496 e. The molecule has 24 heavy (non-hydrogen) atoms. The lowest BCUT2D eigenvalue weighted by Gasteiger charge is -2.14. The van der Waals surface area contributed by atoms with Crippen molar-refractivity contribution >= 4 is 5.96 Å². The molecule has 6 nitrogen and oxygen atoms in total. The number of nitrogens with one attached hydrogen (secondary N) is 2. The van der Waals surface area contributed by atoms with Gasteiger partial charge in [0.1, 0.15) is 5.75 Å². The first-order valence-corrected chi connectivity index (χ1v) is 7.91. The van der Waals surface area contributed by atoms with Crippen molar-refractivity contribution in [3.63, 3.8) is 0 Å². The summed E-state index contributed by atoms with van der Waals surface area (Å²) in [6.45, 7) is 3.73. The molecule has 0 aliphatic carbocycles. The number of ether oxygens (including phenoxy) is 2. The Morgan fingerprint density at radius 1 is 1.08 bits per heavy atom. The molecule has 1 aromatic heterocycles. The highest BCUT2D eigenvalue weighted by Gasteiger charge is 2.06. The molecule has 0 aliphatic rings. The lowest BCUT2D eigenvalue weighted by Crippen LogP contribution is -2.36. The summed E-state index contributed by atoms with van der Waals surface area (Å²) in [7, 11) is 3.41. The molecule has 128 valence electrons. The fraction of sp³-hybridized carbons (Fsp3) is 0.333. The second kappa shape index (κ2) is 9.39. The van der Waals surface area contributed by atoms with Crippen LogP contribution in [0, 0.1) is 0 Å². The molecule has 0 saturated heterocycles. The van der Waals surface area contributed by atoms with Gasteiger partial charge in [-0.15, -0.1) is 0 Å². The van der Waals surface area contributed by atoms with E-state index in [9.17, 15) is 0 Å². The van der Waals surface area contributed by atoms with Crippen LogP contribution in [0.25, 0.3) is 0 Å². The van der Waals surface area contributed by atoms with Crippen molar-refractivity contribution in [1.29, 1.82) is 0 Å². The minimum atomic E-state index is 0.578. The van der Waals surface area contributed by atoms with Gasteiger partial charge in [-0.2, -0.15) is 0 Å². The maximum Gasteiger partial charge on any atom is 0.218 e. The van der Waals surface area contributed by atoms with E-state index < -0.39 is 0 Å². The number of methoxy groups -OCH3 is 1. The second-order valence-electron chi connectivity index (χ2n) is 4.99. The number of guanidine groups is 1. The van der Waals surface area contributed by atoms with E-state index in [4.69, 9.17) is 9.47 Å². The van der Waals surface area contributed by atoms with Gasteiger partial charge in [0.15, 0.2) is 5.96 Å². The molecule has 6 heteroatoms. The van der Waals surface area contributed by atoms with E-state index in [0.29, 0.717) is 31.5 Å². The van der Waals surface area contributed by atoms with Gasteiger partial charge in [-0.3, -0.25) is 4.99 Å². The van der Waals surface area contributed by atoms with Crippen molar-refractivity contribution in [3.8, 4) is 11.6 Å². The van der Waals surface area contributed by atoms with Crippen LogP contribution in [0.2, 0.25) is 0 Å². The van der Waals surface area contributed by atoms with Gasteiger partial charge in [0, 0.05) is 37.5 Å². The molecule has 0 fully saturated rings. The maximum absolute atomic E-state index is 5.53. The number of hydrogen-bond acceptors (Lipinski definition) is 4. The van der Waals surface area contributed by atoms with E-state index >= 15 is 0 Å². The van der Waals surface area contributed by atoms with E-state index in [-0.39, 0.29) is 0 Å². The van der Waals surface area contributed by atoms with Crippen molar-refractivity contribution < 1.29 is 9.47 Å². The summed E-state index contributed by atoms with van der Waals surface area (Å²) in [4.78, 5) is 8.49. The summed E-state index contributed by atoms with van der Waals surface area (Å²) in [5.41, 5.74) is 2.05. The molecule has 1 aromatic carbocycles. The molecule has 0 spiro atoms. The summed E-state index contributed by atoms with van der Waals surface area (Å²) < 4.78 is 10.9. The molecule has 1 heterocycles. The third-order valence-electron chi connectivity index (χ3n) is 3.44. The molecule has 0 atom stereocenters. The number of hydrogen-bond donors (Lipinski definition) is 2. The van der Waals surface area contributed by atoms with Gasteiger partial charge < -0.3 is 20.1 Å². The third kappa shape index (κ3) is 4.87. The number of aliphatic imine (C=N–C) groups is 1. The van der Waals surface area contributed by atoms with Gasteiger partial charge in [0.2, 0.25) is 5.88 Å². The van der Waals surface area contributed by atoms with Crippen molar-refractivity contribution in [2.24, 2.45) is 4.99 Å². The minimum absolute atomic E-state index is 0.578. The van der Waals surface area contributed by atoms with Crippen LogP contribution in [-0.4, -0.2) is 31.7 Å². The summed E-state index contributed by atoms with van der Waals surface area (Å²) in [5, 5.41) is 6.55. The molecule has 2 N–H and O–H groups in total. The molecule has 0 bridgehead atoms. The average molecular weight is 328 g/mol. The third-order valence-corrected chi connectivity index (χ3v) is 3.44. The molecular formula is C18H24N4O2. The Balaban J connectivity index is 1.94. The van der Waals surface area contributed by atoms with E-state index in [1.165, 1.54) is 0 Å². The van der Waals surface area contributed by atoms with Crippen LogP contribution in [0.4, 0.5) is 0 Å². The normalized spacial score (nSPS) is 11.0. The first-order valence-electron chi connectivity index (χ1n) is 7.91. The van der Waals surface area contributed by atoms with Gasteiger partial charge in [0.05, 0.1) is 13.7 Å². The zero-order valence-electron chi connectivity index (χ0n) is 14.4. The van der Waals surface area contributed by atoms with E-state index in [0.717, 1.165) is 16.9 Å². The lowest BCUT2D eigenvalue weighted by atomic mass is 10.2. The van der Waals surface area contributed by atoms with Gasteiger partial charge >= 0.3 is 0 Å². The maximum atomic E-state index is 5.53. The SMILES string of the molecule is CCOc1ncccc1CNC(=NC)NCc1ccccc1OC. The number of pyridine rings is 1. The molecule has 0 radical (unpaired) electrons. The molecule has 0 unspecified atom stereocenters. The Morgan fingerprint density at radius 3 is 2.50 bits per heavy atom. The Kier molecular flexibility index (Phi) is 6.89. The summed E-state index contributed by atoms with van der Waals surface area (Å²) in [5.74, 6) is 2.20. The van der Waals surface area contributed by atoms with Crippen LogP contribution >= 0.6 is 0 Å². The zero-order valence-corrected chi connectivity index (χ0v) is 14.4. The van der Waals surface area contributed by atoms with E-state index in [2.05, 4.69) is 20.6 Å². The number of benzene rings is 1. The summed E-state index contributed by atoms with van der Waals surface area (Å²) in [6, 6.07) is 11.8. The van der Waals surface area contributed by atoms with Crippen LogP contribution in [0.5, 0.6) is 11.6 Å². The monoisotopic (exact) mass is 328 g/mol. The Labute approximate surface area is 142 Å². The molecule has 0 amide bonds. The fourth-order valence-corrected chi connectivity index (χ4v) is 2.25. The fourth-order valence-electron chi connectivity index (χ4n) is 2.25. The smallest absolute Gasteiger partial charge is 0.218 e. The highest BCUT2D eigenvalue weighted by molar-refractivity contribution is 5.79.